The third-order valence-electron chi connectivity index (χ3n) is 1.13. The largest absolute Gasteiger partial charge is 0.368 e. The Morgan fingerprint density at radius 1 is 1.67 bits per heavy atom. The van der Waals surface area contributed by atoms with E-state index in [0.717, 1.165) is 17.4 Å². The number of aromatic amines is 1. The van der Waals surface area contributed by atoms with Crippen LogP contribution in [0.2, 0.25) is 0 Å². The fourth-order valence-electron chi connectivity index (χ4n) is 0.718. The highest BCUT2D eigenvalue weighted by Gasteiger charge is 2.08. The molecule has 1 aromatic heterocycles. The molecular formula is C4H6N4S. The van der Waals surface area contributed by atoms with Gasteiger partial charge in [0.1, 0.15) is 5.03 Å². The van der Waals surface area contributed by atoms with Crippen molar-refractivity contribution in [2.24, 2.45) is 0 Å². The number of nitrogens with zero attached hydrogens (tertiary/aromatic N) is 1. The highest BCUT2D eigenvalue weighted by atomic mass is 32.2. The topological polar surface area (TPSA) is 52.7 Å². The van der Waals surface area contributed by atoms with Crippen LogP contribution in [0.3, 0.4) is 0 Å². The molecule has 48 valence electrons. The number of fused-ring (bicyclic) bond motifs is 1. The van der Waals surface area contributed by atoms with Crippen molar-refractivity contribution in [3.8, 4) is 0 Å². The van der Waals surface area contributed by atoms with Gasteiger partial charge in [-0.05, 0) is 11.9 Å². The highest BCUT2D eigenvalue weighted by molar-refractivity contribution is 7.97. The Morgan fingerprint density at radius 3 is 3.56 bits per heavy atom. The molecule has 5 heteroatoms. The Kier molecular flexibility index (Phi) is 1.10. The molecule has 0 aliphatic carbocycles. The number of hydrogen-bond donors (Lipinski definition) is 3. The van der Waals surface area contributed by atoms with Gasteiger partial charge in [0.2, 0.25) is 0 Å². The molecule has 1 aliphatic heterocycles. The predicted octanol–water partition coefficient (Wildman–Crippen LogP) is 0.389. The van der Waals surface area contributed by atoms with Crippen molar-refractivity contribution in [3.05, 3.63) is 6.20 Å². The van der Waals surface area contributed by atoms with E-state index in [-0.39, 0.29) is 0 Å². The number of aromatic nitrogens is 2. The Balaban J connectivity index is 2.39. The molecule has 0 aromatic carbocycles. The lowest BCUT2D eigenvalue weighted by molar-refractivity contribution is 0.958. The second-order valence-corrected chi connectivity index (χ2v) is 2.61. The van der Waals surface area contributed by atoms with E-state index in [0.29, 0.717) is 0 Å². The highest BCUT2D eigenvalue weighted by Crippen LogP contribution is 2.23. The molecule has 0 radical (unpaired) electrons. The predicted molar refractivity (Wildman–Crippen MR) is 36.1 cm³/mol. The van der Waals surface area contributed by atoms with E-state index < -0.39 is 0 Å². The molecule has 2 heterocycles. The second-order valence-electron chi connectivity index (χ2n) is 1.71. The molecule has 0 amide bonds. The lowest BCUT2D eigenvalue weighted by Gasteiger charge is -2.11. The smallest absolute Gasteiger partial charge is 0.129 e. The monoisotopic (exact) mass is 142 g/mol. The van der Waals surface area contributed by atoms with Crippen molar-refractivity contribution in [2.45, 2.75) is 5.03 Å². The maximum atomic E-state index is 3.86. The fraction of sp³-hybridized carbons (Fsp3) is 0.250. The first-order valence-electron chi connectivity index (χ1n) is 2.64. The summed E-state index contributed by atoms with van der Waals surface area (Å²) in [6, 6.07) is 0. The quantitative estimate of drug-likeness (QED) is 0.459. The normalized spacial score (nSPS) is 16.4. The summed E-state index contributed by atoms with van der Waals surface area (Å²) in [6.07, 6.45) is 1.78. The van der Waals surface area contributed by atoms with Gasteiger partial charge in [0.15, 0.2) is 0 Å². The lowest BCUT2D eigenvalue weighted by Crippen LogP contribution is -2.19. The van der Waals surface area contributed by atoms with Crippen LogP contribution in [0.25, 0.3) is 0 Å². The Labute approximate surface area is 56.5 Å². The van der Waals surface area contributed by atoms with Crippen molar-refractivity contribution < 1.29 is 0 Å². The zero-order valence-electron chi connectivity index (χ0n) is 4.64. The standard InChI is InChI=1S/C4H6N4S/c1-3-4(8-6-1)9-7-2-5-3/h1,5,7H,2H2,(H,6,8). The van der Waals surface area contributed by atoms with Crippen molar-refractivity contribution in [1.82, 2.24) is 14.9 Å². The summed E-state index contributed by atoms with van der Waals surface area (Å²) in [5.41, 5.74) is 1.08. The minimum absolute atomic E-state index is 0.803. The van der Waals surface area contributed by atoms with Crippen molar-refractivity contribution in [2.75, 3.05) is 12.0 Å². The molecule has 0 saturated heterocycles. The Hall–Kier alpha value is -0.680. The van der Waals surface area contributed by atoms with Crippen LogP contribution in [0.5, 0.6) is 0 Å². The van der Waals surface area contributed by atoms with Gasteiger partial charge in [-0.25, -0.2) is 4.72 Å². The number of hydrogen-bond acceptors (Lipinski definition) is 4. The van der Waals surface area contributed by atoms with Crippen LogP contribution < -0.4 is 10.0 Å². The number of nitrogens with one attached hydrogen (secondary N) is 3. The van der Waals surface area contributed by atoms with Gasteiger partial charge in [-0.2, -0.15) is 5.10 Å². The fourth-order valence-corrected chi connectivity index (χ4v) is 1.34. The summed E-state index contributed by atoms with van der Waals surface area (Å²) in [7, 11) is 0. The minimum Gasteiger partial charge on any atom is -0.368 e. The van der Waals surface area contributed by atoms with Gasteiger partial charge in [0.05, 0.1) is 18.6 Å². The van der Waals surface area contributed by atoms with E-state index in [1.54, 1.807) is 18.1 Å². The van der Waals surface area contributed by atoms with Gasteiger partial charge in [0.25, 0.3) is 0 Å². The average Bonchev–Trinajstić information content (AvgIpc) is 2.33. The molecule has 0 atom stereocenters. The Bertz CT molecular complexity index is 188. The lowest BCUT2D eigenvalue weighted by atomic mass is 10.6. The molecule has 1 aromatic rings. The molecule has 9 heavy (non-hydrogen) atoms. The first kappa shape index (κ1) is 5.13. The number of H-pyrrole nitrogens is 1. The maximum Gasteiger partial charge on any atom is 0.129 e. The second kappa shape index (κ2) is 1.93. The van der Waals surface area contributed by atoms with Crippen LogP contribution in [0, 0.1) is 0 Å². The molecule has 1 aliphatic rings. The molecule has 0 spiro atoms. The molecule has 0 fully saturated rings. The van der Waals surface area contributed by atoms with E-state index in [1.807, 2.05) is 0 Å². The van der Waals surface area contributed by atoms with E-state index in [1.165, 1.54) is 0 Å². The van der Waals surface area contributed by atoms with Crippen molar-refractivity contribution in [3.63, 3.8) is 0 Å². The van der Waals surface area contributed by atoms with E-state index in [9.17, 15) is 0 Å². The molecule has 4 nitrogen and oxygen atoms in total. The van der Waals surface area contributed by atoms with Crippen LogP contribution >= 0.6 is 11.9 Å². The summed E-state index contributed by atoms with van der Waals surface area (Å²) >= 11 is 1.56. The zero-order chi connectivity index (χ0) is 6.10. The van der Waals surface area contributed by atoms with Crippen LogP contribution in [-0.4, -0.2) is 16.9 Å². The number of rotatable bonds is 0. The third kappa shape index (κ3) is 0.778. The van der Waals surface area contributed by atoms with E-state index in [4.69, 9.17) is 0 Å². The van der Waals surface area contributed by atoms with E-state index in [2.05, 4.69) is 20.2 Å². The van der Waals surface area contributed by atoms with Crippen molar-refractivity contribution >= 4 is 17.6 Å². The van der Waals surface area contributed by atoms with E-state index >= 15 is 0 Å². The number of anilines is 1. The van der Waals surface area contributed by atoms with Crippen molar-refractivity contribution in [1.29, 1.82) is 0 Å². The summed E-state index contributed by atoms with van der Waals surface area (Å²) < 4.78 is 3.06. The van der Waals surface area contributed by atoms with Crippen LogP contribution in [0.1, 0.15) is 0 Å². The van der Waals surface area contributed by atoms with Crippen LogP contribution in [0.15, 0.2) is 11.2 Å². The summed E-state index contributed by atoms with van der Waals surface area (Å²) in [6.45, 7) is 0.803. The van der Waals surface area contributed by atoms with Gasteiger partial charge in [-0.15, -0.1) is 0 Å². The van der Waals surface area contributed by atoms with Gasteiger partial charge in [-0.3, -0.25) is 5.10 Å². The molecule has 0 bridgehead atoms. The minimum atomic E-state index is 0.803. The van der Waals surface area contributed by atoms with Crippen LogP contribution in [-0.2, 0) is 0 Å². The van der Waals surface area contributed by atoms with Gasteiger partial charge in [-0.1, -0.05) is 0 Å². The first-order chi connectivity index (χ1) is 4.47. The molecular weight excluding hydrogens is 136 g/mol. The van der Waals surface area contributed by atoms with Gasteiger partial charge >= 0.3 is 0 Å². The molecule has 3 N–H and O–H groups in total. The third-order valence-corrected chi connectivity index (χ3v) is 1.93. The van der Waals surface area contributed by atoms with Gasteiger partial charge < -0.3 is 5.32 Å². The molecule has 2 rings (SSSR count). The summed E-state index contributed by atoms with van der Waals surface area (Å²) in [5.74, 6) is 0. The summed E-state index contributed by atoms with van der Waals surface area (Å²) in [4.78, 5) is 0. The SMILES string of the molecule is c1n[nH]c2c1NCNS2. The maximum absolute atomic E-state index is 3.86. The Morgan fingerprint density at radius 2 is 2.67 bits per heavy atom. The summed E-state index contributed by atoms with van der Waals surface area (Å²) in [5, 5.41) is 10.9. The first-order valence-corrected chi connectivity index (χ1v) is 3.45. The van der Waals surface area contributed by atoms with Crippen LogP contribution in [0.4, 0.5) is 5.69 Å². The zero-order valence-corrected chi connectivity index (χ0v) is 5.46. The average molecular weight is 142 g/mol. The van der Waals surface area contributed by atoms with Gasteiger partial charge in [0, 0.05) is 0 Å². The molecule has 0 saturated carbocycles. The molecule has 0 unspecified atom stereocenters.